The highest BCUT2D eigenvalue weighted by molar-refractivity contribution is 6.06. The first-order valence-corrected chi connectivity index (χ1v) is 13.3. The molecule has 1 aromatic carbocycles. The summed E-state index contributed by atoms with van der Waals surface area (Å²) in [7, 11) is 0. The minimum atomic E-state index is -0.0528. The van der Waals surface area contributed by atoms with Crippen molar-refractivity contribution < 1.29 is 9.59 Å². The molecule has 0 saturated carbocycles. The van der Waals surface area contributed by atoms with Crippen LogP contribution in [0.1, 0.15) is 77.6 Å². The molecule has 4 rings (SSSR count). The first-order valence-electron chi connectivity index (χ1n) is 13.3. The smallest absolute Gasteiger partial charge is 0.258 e. The number of fused-ring (bicyclic) bond motifs is 1. The highest BCUT2D eigenvalue weighted by Gasteiger charge is 2.22. The summed E-state index contributed by atoms with van der Waals surface area (Å²) < 4.78 is 0. The molecule has 2 amide bonds. The lowest BCUT2D eigenvalue weighted by Gasteiger charge is -2.27. The number of carbonyl (C=O) groups is 2. The van der Waals surface area contributed by atoms with Gasteiger partial charge >= 0.3 is 0 Å². The van der Waals surface area contributed by atoms with Gasteiger partial charge in [-0.05, 0) is 81.2 Å². The first-order chi connectivity index (χ1) is 17.2. The van der Waals surface area contributed by atoms with E-state index in [9.17, 15) is 9.59 Å². The highest BCUT2D eigenvalue weighted by atomic mass is 16.2. The first kappa shape index (κ1) is 25.3. The number of nitrogens with zero attached hydrogens (tertiary/aromatic N) is 3. The van der Waals surface area contributed by atoms with Crippen molar-refractivity contribution in [3.05, 3.63) is 59.4 Å². The van der Waals surface area contributed by atoms with Crippen LogP contribution in [0.5, 0.6) is 0 Å². The molecule has 0 aliphatic carbocycles. The Labute approximate surface area is 209 Å². The Balaban J connectivity index is 1.52. The molecule has 2 aromatic rings. The Morgan fingerprint density at radius 3 is 2.40 bits per heavy atom. The van der Waals surface area contributed by atoms with E-state index < -0.39 is 0 Å². The molecule has 1 fully saturated rings. The number of likely N-dealkylation sites (tertiary alicyclic amines) is 1. The molecule has 7 nitrogen and oxygen atoms in total. The average Bonchev–Trinajstić information content (AvgIpc) is 2.90. The van der Waals surface area contributed by atoms with Crippen LogP contribution in [-0.2, 0) is 6.54 Å². The number of amides is 2. The van der Waals surface area contributed by atoms with E-state index in [2.05, 4.69) is 20.5 Å². The van der Waals surface area contributed by atoms with Crippen molar-refractivity contribution in [3.8, 4) is 0 Å². The Morgan fingerprint density at radius 1 is 0.857 bits per heavy atom. The van der Waals surface area contributed by atoms with Gasteiger partial charge in [0.1, 0.15) is 0 Å². The molecule has 0 spiro atoms. The van der Waals surface area contributed by atoms with E-state index >= 15 is 0 Å². The fourth-order valence-electron chi connectivity index (χ4n) is 5.00. The van der Waals surface area contributed by atoms with E-state index in [0.29, 0.717) is 30.8 Å². The topological polar surface area (TPSA) is 77.6 Å². The van der Waals surface area contributed by atoms with Crippen molar-refractivity contribution in [3.63, 3.8) is 0 Å². The third-order valence-corrected chi connectivity index (χ3v) is 7.02. The molecule has 0 atom stereocenters. The molecule has 7 heteroatoms. The second kappa shape index (κ2) is 13.4. The number of anilines is 1. The summed E-state index contributed by atoms with van der Waals surface area (Å²) in [6.45, 7) is 6.03. The molecular formula is C28H39N5O2. The van der Waals surface area contributed by atoms with Crippen molar-refractivity contribution in [2.45, 2.75) is 57.9 Å². The molecule has 0 radical (unpaired) electrons. The number of hydrogen-bond acceptors (Lipinski definition) is 5. The van der Waals surface area contributed by atoms with Gasteiger partial charge < -0.3 is 20.4 Å². The quantitative estimate of drug-likeness (QED) is 0.681. The van der Waals surface area contributed by atoms with Crippen LogP contribution >= 0.6 is 0 Å². The summed E-state index contributed by atoms with van der Waals surface area (Å²) in [5.74, 6) is -0.0765. The predicted molar refractivity (Wildman–Crippen MR) is 140 cm³/mol. The minimum Gasteiger partial charge on any atom is -0.351 e. The number of rotatable bonds is 5. The highest BCUT2D eigenvalue weighted by Crippen LogP contribution is 2.26. The van der Waals surface area contributed by atoms with Crippen molar-refractivity contribution in [1.82, 2.24) is 20.5 Å². The summed E-state index contributed by atoms with van der Waals surface area (Å²) in [6, 6.07) is 9.29. The zero-order valence-electron chi connectivity index (χ0n) is 20.8. The normalized spacial score (nSPS) is 18.1. The van der Waals surface area contributed by atoms with Crippen LogP contribution in [-0.4, -0.2) is 61.0 Å². The van der Waals surface area contributed by atoms with Gasteiger partial charge in [0.2, 0.25) is 0 Å². The average molecular weight is 478 g/mol. The summed E-state index contributed by atoms with van der Waals surface area (Å²) in [5.41, 5.74) is 3.14. The Bertz CT molecular complexity index is 959. The van der Waals surface area contributed by atoms with Gasteiger partial charge in [0.25, 0.3) is 11.8 Å². The molecule has 0 unspecified atom stereocenters. The molecule has 3 heterocycles. The molecule has 188 valence electrons. The standard InChI is InChI=1S/C28H39N5O2/c34-27(31-16-20-32-17-6-4-7-18-32)24-9-10-26-25(21-24)22-30-13-5-2-1-3-8-19-33(26)28(35)23-11-14-29-15-12-23/h9-12,14-15,21,30H,1-8,13,16-20,22H2,(H,31,34). The van der Waals surface area contributed by atoms with Crippen LogP contribution in [0.3, 0.4) is 0 Å². The van der Waals surface area contributed by atoms with Gasteiger partial charge in [-0.1, -0.05) is 25.7 Å². The summed E-state index contributed by atoms with van der Waals surface area (Å²) in [6.07, 6.45) is 12.7. The lowest BCUT2D eigenvalue weighted by atomic mass is 10.0. The summed E-state index contributed by atoms with van der Waals surface area (Å²) in [4.78, 5) is 34.8. The zero-order chi connectivity index (χ0) is 24.3. The molecule has 1 saturated heterocycles. The maximum atomic E-state index is 13.5. The molecular weight excluding hydrogens is 438 g/mol. The van der Waals surface area contributed by atoms with Crippen LogP contribution in [0.15, 0.2) is 42.7 Å². The maximum Gasteiger partial charge on any atom is 0.258 e. The number of nitrogens with one attached hydrogen (secondary N) is 2. The van der Waals surface area contributed by atoms with Crippen LogP contribution in [0, 0.1) is 0 Å². The number of aromatic nitrogens is 1. The van der Waals surface area contributed by atoms with E-state index in [4.69, 9.17) is 0 Å². The van der Waals surface area contributed by atoms with Crippen LogP contribution in [0.2, 0.25) is 0 Å². The largest absolute Gasteiger partial charge is 0.351 e. The van der Waals surface area contributed by atoms with Gasteiger partial charge in [-0.3, -0.25) is 14.6 Å². The Hall–Kier alpha value is -2.77. The van der Waals surface area contributed by atoms with Crippen molar-refractivity contribution in [2.24, 2.45) is 0 Å². The van der Waals surface area contributed by atoms with Gasteiger partial charge in [0.05, 0.1) is 0 Å². The van der Waals surface area contributed by atoms with E-state index in [0.717, 1.165) is 56.7 Å². The van der Waals surface area contributed by atoms with E-state index in [1.165, 1.54) is 32.1 Å². The molecule has 2 aliphatic rings. The fourth-order valence-corrected chi connectivity index (χ4v) is 5.00. The van der Waals surface area contributed by atoms with Gasteiger partial charge in [0.15, 0.2) is 0 Å². The second-order valence-corrected chi connectivity index (χ2v) is 9.64. The molecule has 35 heavy (non-hydrogen) atoms. The van der Waals surface area contributed by atoms with Gasteiger partial charge in [-0.2, -0.15) is 0 Å². The van der Waals surface area contributed by atoms with Crippen molar-refractivity contribution in [1.29, 1.82) is 0 Å². The SMILES string of the molecule is O=C(NCCN1CCCCC1)c1ccc2c(c1)CNCCCCCCCN2C(=O)c1ccncc1. The number of piperidine rings is 1. The van der Waals surface area contributed by atoms with Crippen LogP contribution < -0.4 is 15.5 Å². The monoisotopic (exact) mass is 477 g/mol. The van der Waals surface area contributed by atoms with Gasteiger partial charge in [-0.15, -0.1) is 0 Å². The second-order valence-electron chi connectivity index (χ2n) is 9.64. The fraction of sp³-hybridized carbons (Fsp3) is 0.536. The van der Waals surface area contributed by atoms with E-state index in [1.54, 1.807) is 24.5 Å². The number of pyridine rings is 1. The lowest BCUT2D eigenvalue weighted by molar-refractivity contribution is 0.0945. The zero-order valence-corrected chi connectivity index (χ0v) is 20.8. The van der Waals surface area contributed by atoms with E-state index in [-0.39, 0.29) is 11.8 Å². The van der Waals surface area contributed by atoms with Crippen molar-refractivity contribution in [2.75, 3.05) is 44.2 Å². The molecule has 2 N–H and O–H groups in total. The Morgan fingerprint density at radius 2 is 1.57 bits per heavy atom. The molecule has 2 aliphatic heterocycles. The van der Waals surface area contributed by atoms with Crippen molar-refractivity contribution >= 4 is 17.5 Å². The minimum absolute atomic E-state index is 0.0237. The summed E-state index contributed by atoms with van der Waals surface area (Å²) >= 11 is 0. The summed E-state index contributed by atoms with van der Waals surface area (Å²) in [5, 5.41) is 6.62. The lowest BCUT2D eigenvalue weighted by Crippen LogP contribution is -2.37. The Kier molecular flexibility index (Phi) is 9.66. The number of hydrogen-bond donors (Lipinski definition) is 2. The third-order valence-electron chi connectivity index (χ3n) is 7.02. The van der Waals surface area contributed by atoms with Gasteiger partial charge in [-0.25, -0.2) is 0 Å². The van der Waals surface area contributed by atoms with E-state index in [1.807, 2.05) is 23.1 Å². The number of benzene rings is 1. The molecule has 1 aromatic heterocycles. The van der Waals surface area contributed by atoms with Crippen LogP contribution in [0.25, 0.3) is 0 Å². The third kappa shape index (κ3) is 7.36. The number of carbonyl (C=O) groups excluding carboxylic acids is 2. The van der Waals surface area contributed by atoms with Gasteiger partial charge in [0, 0.05) is 55.4 Å². The van der Waals surface area contributed by atoms with Crippen LogP contribution in [0.4, 0.5) is 5.69 Å². The molecule has 0 bridgehead atoms. The maximum absolute atomic E-state index is 13.5. The predicted octanol–water partition coefficient (Wildman–Crippen LogP) is 4.00.